The van der Waals surface area contributed by atoms with E-state index in [1.54, 1.807) is 0 Å². The van der Waals surface area contributed by atoms with Gasteiger partial charge in [0.15, 0.2) is 0 Å². The molecule has 0 radical (unpaired) electrons. The summed E-state index contributed by atoms with van der Waals surface area (Å²) >= 11 is 1.45. The van der Waals surface area contributed by atoms with Crippen LogP contribution in [-0.2, 0) is 4.79 Å². The summed E-state index contributed by atoms with van der Waals surface area (Å²) in [6.07, 6.45) is 5.97. The number of para-hydroxylation sites is 1. The van der Waals surface area contributed by atoms with Crippen molar-refractivity contribution < 1.29 is 4.79 Å². The first-order valence-corrected chi connectivity index (χ1v) is 9.89. The Morgan fingerprint density at radius 2 is 2.00 bits per heavy atom. The van der Waals surface area contributed by atoms with Crippen molar-refractivity contribution in [3.05, 3.63) is 30.3 Å². The van der Waals surface area contributed by atoms with Crippen molar-refractivity contribution in [2.75, 3.05) is 11.4 Å². The number of hydrogen-bond acceptors (Lipinski definition) is 5. The third-order valence-corrected chi connectivity index (χ3v) is 5.70. The average Bonchev–Trinajstić information content (AvgIpc) is 3.12. The predicted molar refractivity (Wildman–Crippen MR) is 99.7 cm³/mol. The lowest BCUT2D eigenvalue weighted by Gasteiger charge is -2.25. The van der Waals surface area contributed by atoms with E-state index in [2.05, 4.69) is 15.5 Å². The fraction of sp³-hybridized carbons (Fsp3) is 0.556. The molecule has 3 rings (SSSR count). The monoisotopic (exact) mass is 359 g/mol. The van der Waals surface area contributed by atoms with Crippen molar-refractivity contribution in [2.24, 2.45) is 0 Å². The van der Waals surface area contributed by atoms with Gasteiger partial charge in [-0.05, 0) is 49.2 Å². The fourth-order valence-electron chi connectivity index (χ4n) is 3.32. The van der Waals surface area contributed by atoms with E-state index < -0.39 is 0 Å². The van der Waals surface area contributed by atoms with Gasteiger partial charge < -0.3 is 4.90 Å². The van der Waals surface area contributed by atoms with E-state index in [1.807, 2.05) is 53.8 Å². The molecule has 134 valence electrons. The number of carbonyl (C=O) groups is 1. The molecule has 0 saturated heterocycles. The van der Waals surface area contributed by atoms with Crippen molar-refractivity contribution in [2.45, 2.75) is 62.4 Å². The Bertz CT molecular complexity index is 684. The van der Waals surface area contributed by atoms with Gasteiger partial charge in [0.2, 0.25) is 11.1 Å². The molecule has 6 nitrogen and oxygen atoms in total. The van der Waals surface area contributed by atoms with Gasteiger partial charge in [0.05, 0.1) is 11.3 Å². The van der Waals surface area contributed by atoms with E-state index in [-0.39, 0.29) is 11.2 Å². The van der Waals surface area contributed by atoms with E-state index in [0.29, 0.717) is 12.6 Å². The van der Waals surface area contributed by atoms with E-state index in [4.69, 9.17) is 0 Å². The van der Waals surface area contributed by atoms with Gasteiger partial charge in [-0.2, -0.15) is 0 Å². The van der Waals surface area contributed by atoms with Crippen LogP contribution in [0, 0.1) is 0 Å². The van der Waals surface area contributed by atoms with Crippen LogP contribution in [0.25, 0.3) is 0 Å². The second-order valence-corrected chi connectivity index (χ2v) is 7.68. The fourth-order valence-corrected chi connectivity index (χ4v) is 4.24. The maximum absolute atomic E-state index is 12.9. The number of aromatic nitrogens is 4. The third kappa shape index (κ3) is 4.21. The van der Waals surface area contributed by atoms with Crippen molar-refractivity contribution in [3.63, 3.8) is 0 Å². The van der Waals surface area contributed by atoms with Gasteiger partial charge in [-0.1, -0.05) is 49.2 Å². The van der Waals surface area contributed by atoms with Gasteiger partial charge in [0, 0.05) is 12.2 Å². The van der Waals surface area contributed by atoms with Crippen molar-refractivity contribution >= 4 is 23.4 Å². The minimum absolute atomic E-state index is 0.0805. The van der Waals surface area contributed by atoms with Crippen LogP contribution in [0.15, 0.2) is 35.5 Å². The average molecular weight is 359 g/mol. The van der Waals surface area contributed by atoms with Gasteiger partial charge in [0.25, 0.3) is 0 Å². The summed E-state index contributed by atoms with van der Waals surface area (Å²) in [4.78, 5) is 14.7. The molecule has 1 fully saturated rings. The van der Waals surface area contributed by atoms with Crippen LogP contribution < -0.4 is 4.90 Å². The largest absolute Gasteiger partial charge is 0.312 e. The Morgan fingerprint density at radius 3 is 2.68 bits per heavy atom. The lowest BCUT2D eigenvalue weighted by molar-refractivity contribution is -0.117. The molecule has 1 unspecified atom stereocenters. The Balaban J connectivity index is 1.70. The molecule has 1 amide bonds. The Kier molecular flexibility index (Phi) is 6.07. The molecule has 0 bridgehead atoms. The molecule has 1 aliphatic carbocycles. The molecule has 25 heavy (non-hydrogen) atoms. The van der Waals surface area contributed by atoms with Crippen molar-refractivity contribution in [1.82, 2.24) is 20.2 Å². The summed E-state index contributed by atoms with van der Waals surface area (Å²) in [6, 6.07) is 10.2. The number of benzene rings is 1. The lowest BCUT2D eigenvalue weighted by Crippen LogP contribution is -2.36. The van der Waals surface area contributed by atoms with Gasteiger partial charge in [-0.3, -0.25) is 4.79 Å². The van der Waals surface area contributed by atoms with Crippen LogP contribution in [0.1, 0.15) is 52.0 Å². The molecule has 1 atom stereocenters. The Hall–Kier alpha value is -1.89. The molecule has 2 aromatic rings. The maximum atomic E-state index is 12.9. The second-order valence-electron chi connectivity index (χ2n) is 6.38. The Labute approximate surface area is 153 Å². The van der Waals surface area contributed by atoms with E-state index in [9.17, 15) is 4.79 Å². The highest BCUT2D eigenvalue weighted by molar-refractivity contribution is 8.00. The SMILES string of the molecule is CCN(C(=O)C(C)Sc1nnnn1C1CCCCC1)c1ccccc1. The second kappa shape index (κ2) is 8.47. The van der Waals surface area contributed by atoms with Gasteiger partial charge in [0.1, 0.15) is 0 Å². The summed E-state index contributed by atoms with van der Waals surface area (Å²) in [5.41, 5.74) is 0.925. The van der Waals surface area contributed by atoms with Crippen LogP contribution in [0.4, 0.5) is 5.69 Å². The number of thioether (sulfide) groups is 1. The van der Waals surface area contributed by atoms with E-state index in [1.165, 1.54) is 31.0 Å². The van der Waals surface area contributed by atoms with Crippen LogP contribution in [-0.4, -0.2) is 37.9 Å². The first-order valence-electron chi connectivity index (χ1n) is 9.01. The molecule has 1 aromatic carbocycles. The minimum Gasteiger partial charge on any atom is -0.312 e. The number of anilines is 1. The highest BCUT2D eigenvalue weighted by atomic mass is 32.2. The molecule has 0 spiro atoms. The number of rotatable bonds is 6. The molecule has 0 N–H and O–H groups in total. The van der Waals surface area contributed by atoms with Gasteiger partial charge in [-0.25, -0.2) is 4.68 Å². The Morgan fingerprint density at radius 1 is 1.28 bits per heavy atom. The zero-order chi connectivity index (χ0) is 17.6. The van der Waals surface area contributed by atoms with Gasteiger partial charge >= 0.3 is 0 Å². The molecular formula is C18H25N5OS. The zero-order valence-electron chi connectivity index (χ0n) is 14.8. The lowest BCUT2D eigenvalue weighted by atomic mass is 9.96. The number of hydrogen-bond donors (Lipinski definition) is 0. The maximum Gasteiger partial charge on any atom is 0.240 e. The topological polar surface area (TPSA) is 63.9 Å². The molecule has 1 aliphatic rings. The van der Waals surface area contributed by atoms with Crippen molar-refractivity contribution in [3.8, 4) is 0 Å². The molecule has 1 saturated carbocycles. The first kappa shape index (κ1) is 17.9. The number of carbonyl (C=O) groups excluding carboxylic acids is 1. The third-order valence-electron chi connectivity index (χ3n) is 4.66. The van der Waals surface area contributed by atoms with E-state index in [0.717, 1.165) is 23.7 Å². The van der Waals surface area contributed by atoms with Crippen LogP contribution in [0.2, 0.25) is 0 Å². The quantitative estimate of drug-likeness (QED) is 0.736. The molecule has 1 aromatic heterocycles. The van der Waals surface area contributed by atoms with Crippen LogP contribution in [0.3, 0.4) is 0 Å². The van der Waals surface area contributed by atoms with E-state index >= 15 is 0 Å². The van der Waals surface area contributed by atoms with Crippen LogP contribution >= 0.6 is 11.8 Å². The number of amides is 1. The smallest absolute Gasteiger partial charge is 0.240 e. The summed E-state index contributed by atoms with van der Waals surface area (Å²) in [7, 11) is 0. The summed E-state index contributed by atoms with van der Waals surface area (Å²) in [5, 5.41) is 12.7. The first-order chi connectivity index (χ1) is 12.2. The molecule has 7 heteroatoms. The molecular weight excluding hydrogens is 334 g/mol. The molecule has 0 aliphatic heterocycles. The van der Waals surface area contributed by atoms with Crippen LogP contribution in [0.5, 0.6) is 0 Å². The number of tetrazole rings is 1. The highest BCUT2D eigenvalue weighted by Gasteiger charge is 2.26. The number of nitrogens with zero attached hydrogens (tertiary/aromatic N) is 5. The minimum atomic E-state index is -0.242. The standard InChI is InChI=1S/C18H25N5OS/c1-3-22(15-10-6-4-7-11-15)17(24)14(2)25-18-19-20-21-23(18)16-12-8-5-9-13-16/h4,6-7,10-11,14,16H,3,5,8-9,12-13H2,1-2H3. The summed E-state index contributed by atoms with van der Waals surface area (Å²) in [6.45, 7) is 4.56. The summed E-state index contributed by atoms with van der Waals surface area (Å²) < 4.78 is 1.92. The summed E-state index contributed by atoms with van der Waals surface area (Å²) in [5.74, 6) is 0.0805. The zero-order valence-corrected chi connectivity index (χ0v) is 15.7. The van der Waals surface area contributed by atoms with Gasteiger partial charge in [-0.15, -0.1) is 5.10 Å². The highest BCUT2D eigenvalue weighted by Crippen LogP contribution is 2.32. The normalized spacial score (nSPS) is 16.6. The molecule has 1 heterocycles. The predicted octanol–water partition coefficient (Wildman–Crippen LogP) is 3.71. The van der Waals surface area contributed by atoms with Crippen molar-refractivity contribution in [1.29, 1.82) is 0 Å².